The Labute approximate surface area is 140 Å². The molecule has 1 fully saturated rings. The van der Waals surface area contributed by atoms with Crippen LogP contribution in [0.1, 0.15) is 37.7 Å². The highest BCUT2D eigenvalue weighted by molar-refractivity contribution is 6.31. The molecule has 1 aliphatic rings. The first-order valence-electron chi connectivity index (χ1n) is 7.84. The summed E-state index contributed by atoms with van der Waals surface area (Å²) in [5.41, 5.74) is 7.37. The molecule has 6 heteroatoms. The van der Waals surface area contributed by atoms with Gasteiger partial charge in [-0.25, -0.2) is 0 Å². The minimum absolute atomic E-state index is 0.173. The van der Waals surface area contributed by atoms with Crippen LogP contribution in [0.25, 0.3) is 0 Å². The van der Waals surface area contributed by atoms with Gasteiger partial charge in [0.05, 0.1) is 0 Å². The second-order valence-electron chi connectivity index (χ2n) is 5.79. The van der Waals surface area contributed by atoms with Gasteiger partial charge in [0.25, 0.3) is 0 Å². The van der Waals surface area contributed by atoms with E-state index in [4.69, 9.17) is 26.8 Å². The molecule has 0 saturated heterocycles. The van der Waals surface area contributed by atoms with Gasteiger partial charge in [-0.3, -0.25) is 0 Å². The number of aryl methyl sites for hydroxylation is 1. The molecule has 0 atom stereocenters. The molecule has 2 aromatic rings. The Morgan fingerprint density at radius 3 is 2.61 bits per heavy atom. The van der Waals surface area contributed by atoms with E-state index in [2.05, 4.69) is 9.97 Å². The van der Waals surface area contributed by atoms with E-state index in [1.807, 2.05) is 13.0 Å². The van der Waals surface area contributed by atoms with Crippen LogP contribution in [-0.2, 0) is 0 Å². The lowest BCUT2D eigenvalue weighted by Gasteiger charge is -2.23. The largest absolute Gasteiger partial charge is 0.473 e. The van der Waals surface area contributed by atoms with Gasteiger partial charge >= 0.3 is 0 Å². The number of halogens is 1. The average molecular weight is 334 g/mol. The lowest BCUT2D eigenvalue weighted by molar-refractivity contribution is 0.149. The second-order valence-corrected chi connectivity index (χ2v) is 6.20. The van der Waals surface area contributed by atoms with E-state index in [1.54, 1.807) is 12.1 Å². The average Bonchev–Trinajstić information content (AvgIpc) is 2.56. The molecule has 0 spiro atoms. The van der Waals surface area contributed by atoms with Gasteiger partial charge in [0.1, 0.15) is 18.2 Å². The summed E-state index contributed by atoms with van der Waals surface area (Å²) in [4.78, 5) is 8.25. The van der Waals surface area contributed by atoms with Gasteiger partial charge in [-0.2, -0.15) is 9.97 Å². The second kappa shape index (κ2) is 7.04. The van der Waals surface area contributed by atoms with E-state index in [0.717, 1.165) is 18.4 Å². The molecule has 2 N–H and O–H groups in total. The summed E-state index contributed by atoms with van der Waals surface area (Å²) in [5, 5.41) is 0.689. The molecule has 23 heavy (non-hydrogen) atoms. The van der Waals surface area contributed by atoms with Crippen LogP contribution >= 0.6 is 11.6 Å². The molecule has 5 nitrogen and oxygen atoms in total. The molecular weight excluding hydrogens is 314 g/mol. The van der Waals surface area contributed by atoms with E-state index in [0.29, 0.717) is 28.2 Å². The predicted molar refractivity (Wildman–Crippen MR) is 90.2 cm³/mol. The highest BCUT2D eigenvalue weighted by atomic mass is 35.5. The Hall–Kier alpha value is -2.01. The molecular formula is C17H20ClN3O2. The number of nitrogens with two attached hydrogens (primary N) is 1. The van der Waals surface area contributed by atoms with Crippen molar-refractivity contribution in [3.63, 3.8) is 0 Å². The fraction of sp³-hybridized carbons (Fsp3) is 0.412. The summed E-state index contributed by atoms with van der Waals surface area (Å²) in [6.45, 7) is 1.91. The Morgan fingerprint density at radius 1 is 1.13 bits per heavy atom. The summed E-state index contributed by atoms with van der Waals surface area (Å²) < 4.78 is 11.7. The first-order valence-corrected chi connectivity index (χ1v) is 8.22. The fourth-order valence-corrected chi connectivity index (χ4v) is 2.79. The summed E-state index contributed by atoms with van der Waals surface area (Å²) in [6.07, 6.45) is 7.29. The normalized spacial score (nSPS) is 15.4. The van der Waals surface area contributed by atoms with Crippen LogP contribution in [0.4, 0.5) is 5.69 Å². The molecule has 1 aromatic heterocycles. The Morgan fingerprint density at radius 2 is 1.87 bits per heavy atom. The zero-order valence-electron chi connectivity index (χ0n) is 13.1. The quantitative estimate of drug-likeness (QED) is 0.890. The molecule has 0 unspecified atom stereocenters. The first-order chi connectivity index (χ1) is 11.1. The summed E-state index contributed by atoms with van der Waals surface area (Å²) in [7, 11) is 0. The third-order valence-corrected chi connectivity index (χ3v) is 4.41. The zero-order valence-corrected chi connectivity index (χ0v) is 13.8. The molecule has 1 heterocycles. The number of nitrogen functional groups attached to an aromatic ring is 1. The molecule has 3 rings (SSSR count). The van der Waals surface area contributed by atoms with Gasteiger partial charge < -0.3 is 15.2 Å². The smallest absolute Gasteiger partial charge is 0.249 e. The first kappa shape index (κ1) is 15.9. The summed E-state index contributed by atoms with van der Waals surface area (Å²) >= 11 is 6.02. The van der Waals surface area contributed by atoms with Crippen LogP contribution in [0.15, 0.2) is 24.5 Å². The highest BCUT2D eigenvalue weighted by Crippen LogP contribution is 2.33. The van der Waals surface area contributed by atoms with Crippen LogP contribution in [0.3, 0.4) is 0 Å². The minimum atomic E-state index is 0.173. The van der Waals surface area contributed by atoms with E-state index in [1.165, 1.54) is 25.6 Å². The van der Waals surface area contributed by atoms with Gasteiger partial charge in [-0.15, -0.1) is 0 Å². The molecule has 1 aromatic carbocycles. The molecule has 122 valence electrons. The third-order valence-electron chi connectivity index (χ3n) is 3.99. The fourth-order valence-electron chi connectivity index (χ4n) is 2.67. The number of hydrogen-bond acceptors (Lipinski definition) is 5. The van der Waals surface area contributed by atoms with Crippen molar-refractivity contribution in [2.45, 2.75) is 45.1 Å². The Kier molecular flexibility index (Phi) is 4.86. The molecule has 0 bridgehead atoms. The lowest BCUT2D eigenvalue weighted by Crippen LogP contribution is -2.21. The molecule has 0 amide bonds. The van der Waals surface area contributed by atoms with E-state index in [9.17, 15) is 0 Å². The summed E-state index contributed by atoms with van der Waals surface area (Å²) in [5.74, 6) is 1.32. The number of anilines is 1. The van der Waals surface area contributed by atoms with E-state index < -0.39 is 0 Å². The van der Waals surface area contributed by atoms with Crippen molar-refractivity contribution in [1.82, 2.24) is 9.97 Å². The maximum absolute atomic E-state index is 6.12. The zero-order chi connectivity index (χ0) is 16.2. The van der Waals surface area contributed by atoms with Gasteiger partial charge in [0.15, 0.2) is 5.69 Å². The van der Waals surface area contributed by atoms with Crippen molar-refractivity contribution in [3.05, 3.63) is 35.1 Å². The van der Waals surface area contributed by atoms with E-state index in [-0.39, 0.29) is 6.10 Å². The van der Waals surface area contributed by atoms with Crippen LogP contribution in [-0.4, -0.2) is 16.1 Å². The standard InChI is InChI=1S/C17H20ClN3O2/c1-11-9-13(7-8-14(11)18)23-17-15(19)16(20-10-21-17)22-12-5-3-2-4-6-12/h7-10,12H,2-6,19H2,1H3. The summed E-state index contributed by atoms with van der Waals surface area (Å²) in [6, 6.07) is 5.40. The topological polar surface area (TPSA) is 70.3 Å². The number of benzene rings is 1. The maximum Gasteiger partial charge on any atom is 0.249 e. The number of nitrogens with zero attached hydrogens (tertiary/aromatic N) is 2. The highest BCUT2D eigenvalue weighted by Gasteiger charge is 2.19. The van der Waals surface area contributed by atoms with Crippen molar-refractivity contribution in [2.75, 3.05) is 5.73 Å². The molecule has 0 aliphatic heterocycles. The maximum atomic E-state index is 6.12. The van der Waals surface area contributed by atoms with Crippen LogP contribution in [0.5, 0.6) is 17.5 Å². The Balaban J connectivity index is 1.77. The number of rotatable bonds is 4. The SMILES string of the molecule is Cc1cc(Oc2ncnc(OC3CCCCC3)c2N)ccc1Cl. The van der Waals surface area contributed by atoms with Crippen LogP contribution in [0.2, 0.25) is 5.02 Å². The molecule has 1 aliphatic carbocycles. The molecule has 1 saturated carbocycles. The van der Waals surface area contributed by atoms with Crippen molar-refractivity contribution in [3.8, 4) is 17.5 Å². The van der Waals surface area contributed by atoms with Crippen molar-refractivity contribution < 1.29 is 9.47 Å². The monoisotopic (exact) mass is 333 g/mol. The van der Waals surface area contributed by atoms with Gasteiger partial charge in [-0.05, 0) is 56.4 Å². The predicted octanol–water partition coefficient (Wildman–Crippen LogP) is 4.52. The van der Waals surface area contributed by atoms with Gasteiger partial charge in [0.2, 0.25) is 11.8 Å². The van der Waals surface area contributed by atoms with Crippen molar-refractivity contribution in [1.29, 1.82) is 0 Å². The van der Waals surface area contributed by atoms with Gasteiger partial charge in [-0.1, -0.05) is 18.0 Å². The van der Waals surface area contributed by atoms with Crippen molar-refractivity contribution in [2.24, 2.45) is 0 Å². The number of hydrogen-bond donors (Lipinski definition) is 1. The number of aromatic nitrogens is 2. The molecule has 0 radical (unpaired) electrons. The van der Waals surface area contributed by atoms with Crippen molar-refractivity contribution >= 4 is 17.3 Å². The lowest BCUT2D eigenvalue weighted by atomic mass is 9.98. The van der Waals surface area contributed by atoms with Crippen LogP contribution < -0.4 is 15.2 Å². The van der Waals surface area contributed by atoms with Gasteiger partial charge in [0, 0.05) is 5.02 Å². The third kappa shape index (κ3) is 3.85. The minimum Gasteiger partial charge on any atom is -0.473 e. The Bertz CT molecular complexity index is 688. The van der Waals surface area contributed by atoms with Crippen LogP contribution in [0, 0.1) is 6.92 Å². The van der Waals surface area contributed by atoms with E-state index >= 15 is 0 Å². The number of ether oxygens (including phenoxy) is 2.